The first-order valence-electron chi connectivity index (χ1n) is 7.56. The van der Waals surface area contributed by atoms with Crippen LogP contribution in [0.1, 0.15) is 25.3 Å². The second kappa shape index (κ2) is 8.43. The van der Waals surface area contributed by atoms with Crippen molar-refractivity contribution >= 4 is 17.7 Å². The molecule has 7 heteroatoms. The van der Waals surface area contributed by atoms with Crippen LogP contribution in [0.15, 0.2) is 18.7 Å². The van der Waals surface area contributed by atoms with Crippen molar-refractivity contribution in [1.29, 1.82) is 0 Å². The van der Waals surface area contributed by atoms with Gasteiger partial charge >= 0.3 is 0 Å². The molecule has 2 rings (SSSR count). The monoisotopic (exact) mass is 326 g/mol. The molecule has 0 saturated carbocycles. The van der Waals surface area contributed by atoms with Gasteiger partial charge in [-0.05, 0) is 19.1 Å². The number of hydrogen-bond acceptors (Lipinski definition) is 5. The molecule has 0 aliphatic carbocycles. The van der Waals surface area contributed by atoms with Crippen molar-refractivity contribution in [2.45, 2.75) is 43.8 Å². The minimum absolute atomic E-state index is 0.0264. The molecule has 3 atom stereocenters. The molecule has 1 saturated heterocycles. The van der Waals surface area contributed by atoms with Crippen LogP contribution in [-0.4, -0.2) is 57.6 Å². The Balaban J connectivity index is 1.89. The van der Waals surface area contributed by atoms with Crippen molar-refractivity contribution in [3.63, 3.8) is 0 Å². The highest BCUT2D eigenvalue weighted by Gasteiger charge is 2.32. The fourth-order valence-electron chi connectivity index (χ4n) is 2.77. The molecule has 0 aromatic carbocycles. The van der Waals surface area contributed by atoms with E-state index in [2.05, 4.69) is 20.2 Å². The number of aromatic nitrogens is 2. The van der Waals surface area contributed by atoms with Gasteiger partial charge in [0.15, 0.2) is 0 Å². The van der Waals surface area contributed by atoms with Crippen LogP contribution in [0.4, 0.5) is 4.39 Å². The average Bonchev–Trinajstić information content (AvgIpc) is 2.87. The number of carbonyl (C=O) groups is 1. The third-order valence-electron chi connectivity index (χ3n) is 3.94. The van der Waals surface area contributed by atoms with Crippen LogP contribution in [0.2, 0.25) is 0 Å². The zero-order valence-corrected chi connectivity index (χ0v) is 13.9. The summed E-state index contributed by atoms with van der Waals surface area (Å²) in [6.07, 6.45) is 7.33. The van der Waals surface area contributed by atoms with Crippen LogP contribution in [0.25, 0.3) is 0 Å². The summed E-state index contributed by atoms with van der Waals surface area (Å²) in [6.45, 7) is 3.50. The Kier molecular flexibility index (Phi) is 6.57. The van der Waals surface area contributed by atoms with Crippen molar-refractivity contribution in [3.8, 4) is 0 Å². The molecule has 122 valence electrons. The number of rotatable bonds is 7. The Labute approximate surface area is 135 Å². The first-order chi connectivity index (χ1) is 10.6. The summed E-state index contributed by atoms with van der Waals surface area (Å²) in [7, 11) is 0. The maximum absolute atomic E-state index is 13.8. The molecule has 2 heterocycles. The number of hydrogen-bond donors (Lipinski definition) is 1. The lowest BCUT2D eigenvalue weighted by atomic mass is 10.2. The molecule has 5 nitrogen and oxygen atoms in total. The number of halogens is 1. The fourth-order valence-corrected chi connectivity index (χ4v) is 3.40. The normalized spacial score (nSPS) is 23.4. The van der Waals surface area contributed by atoms with Crippen molar-refractivity contribution in [2.75, 3.05) is 19.3 Å². The summed E-state index contributed by atoms with van der Waals surface area (Å²) in [5.41, 5.74) is 0.962. The van der Waals surface area contributed by atoms with Crippen LogP contribution in [-0.2, 0) is 11.3 Å². The lowest BCUT2D eigenvalue weighted by Gasteiger charge is -2.24. The first-order valence-corrected chi connectivity index (χ1v) is 8.85. The second-order valence-electron chi connectivity index (χ2n) is 5.54. The molecular weight excluding hydrogens is 303 g/mol. The Morgan fingerprint density at radius 1 is 1.55 bits per heavy atom. The number of amides is 1. The van der Waals surface area contributed by atoms with E-state index in [4.69, 9.17) is 0 Å². The minimum atomic E-state index is -0.839. The Morgan fingerprint density at radius 2 is 2.27 bits per heavy atom. The molecule has 1 aromatic rings. The summed E-state index contributed by atoms with van der Waals surface area (Å²) >= 11 is 1.55. The number of nitrogens with zero attached hydrogens (tertiary/aromatic N) is 3. The zero-order valence-electron chi connectivity index (χ0n) is 13.0. The van der Waals surface area contributed by atoms with E-state index in [-0.39, 0.29) is 17.2 Å². The second-order valence-corrected chi connectivity index (χ2v) is 6.58. The van der Waals surface area contributed by atoms with E-state index >= 15 is 0 Å². The molecule has 1 N–H and O–H groups in total. The van der Waals surface area contributed by atoms with Gasteiger partial charge in [0.05, 0.1) is 5.25 Å². The van der Waals surface area contributed by atoms with Crippen LogP contribution < -0.4 is 5.32 Å². The number of nitrogens with one attached hydrogen (secondary N) is 1. The number of thioether (sulfide) groups is 1. The van der Waals surface area contributed by atoms with Gasteiger partial charge in [0, 0.05) is 43.6 Å². The van der Waals surface area contributed by atoms with Crippen molar-refractivity contribution in [3.05, 3.63) is 24.3 Å². The highest BCUT2D eigenvalue weighted by molar-refractivity contribution is 7.99. The summed E-state index contributed by atoms with van der Waals surface area (Å²) in [5, 5.41) is 2.93. The quantitative estimate of drug-likeness (QED) is 0.825. The molecule has 1 aromatic heterocycles. The Bertz CT molecular complexity index is 472. The first kappa shape index (κ1) is 17.1. The third-order valence-corrected chi connectivity index (χ3v) is 5.05. The molecule has 1 aliphatic heterocycles. The van der Waals surface area contributed by atoms with E-state index in [9.17, 15) is 9.18 Å². The summed E-state index contributed by atoms with van der Waals surface area (Å²) in [4.78, 5) is 22.1. The van der Waals surface area contributed by atoms with E-state index in [1.54, 1.807) is 24.2 Å². The zero-order chi connectivity index (χ0) is 15.9. The molecule has 0 radical (unpaired) electrons. The number of likely N-dealkylation sites (tertiary alicyclic amines) is 1. The SMILES string of the molecule is CCC(SC)C(=O)NC[C@@H]1C[C@H](F)CN1Cc1cncnc1. The maximum atomic E-state index is 13.8. The molecule has 1 unspecified atom stereocenters. The smallest absolute Gasteiger partial charge is 0.233 e. The summed E-state index contributed by atoms with van der Waals surface area (Å²) in [6, 6.07) is 0.0264. The van der Waals surface area contributed by atoms with Gasteiger partial charge in [-0.2, -0.15) is 11.8 Å². The predicted octanol–water partition coefficient (Wildman–Crippen LogP) is 1.65. The van der Waals surface area contributed by atoms with Crippen molar-refractivity contribution in [1.82, 2.24) is 20.2 Å². The van der Waals surface area contributed by atoms with Gasteiger partial charge in [0.25, 0.3) is 0 Å². The highest BCUT2D eigenvalue weighted by Crippen LogP contribution is 2.22. The number of alkyl halides is 1. The van der Waals surface area contributed by atoms with Gasteiger partial charge in [0.1, 0.15) is 12.5 Å². The molecular formula is C15H23FN4OS. The van der Waals surface area contributed by atoms with Gasteiger partial charge in [-0.15, -0.1) is 0 Å². The van der Waals surface area contributed by atoms with Gasteiger partial charge in [0.2, 0.25) is 5.91 Å². The van der Waals surface area contributed by atoms with E-state index in [0.717, 1.165) is 12.0 Å². The Morgan fingerprint density at radius 3 is 2.91 bits per heavy atom. The standard InChI is InChI=1S/C15H23FN4OS/c1-3-14(22-2)15(21)19-7-13-4-12(16)9-20(13)8-11-5-17-10-18-6-11/h5-6,10,12-14H,3-4,7-9H2,1-2H3,(H,19,21)/t12-,13-,14?/m0/s1. The van der Waals surface area contributed by atoms with Crippen molar-refractivity contribution < 1.29 is 9.18 Å². The van der Waals surface area contributed by atoms with Gasteiger partial charge in [-0.25, -0.2) is 14.4 Å². The van der Waals surface area contributed by atoms with Crippen LogP contribution in [0, 0.1) is 0 Å². The molecule has 22 heavy (non-hydrogen) atoms. The molecule has 0 bridgehead atoms. The molecule has 1 amide bonds. The van der Waals surface area contributed by atoms with E-state index < -0.39 is 6.17 Å². The van der Waals surface area contributed by atoms with Crippen LogP contribution in [0.5, 0.6) is 0 Å². The highest BCUT2D eigenvalue weighted by atomic mass is 32.2. The van der Waals surface area contributed by atoms with Gasteiger partial charge in [-0.3, -0.25) is 9.69 Å². The van der Waals surface area contributed by atoms with E-state index in [1.165, 1.54) is 6.33 Å². The maximum Gasteiger partial charge on any atom is 0.233 e. The van der Waals surface area contributed by atoms with Crippen LogP contribution >= 0.6 is 11.8 Å². The van der Waals surface area contributed by atoms with E-state index in [1.807, 2.05) is 13.2 Å². The lowest BCUT2D eigenvalue weighted by Crippen LogP contribution is -2.42. The van der Waals surface area contributed by atoms with Gasteiger partial charge in [-0.1, -0.05) is 6.92 Å². The molecule has 0 spiro atoms. The minimum Gasteiger partial charge on any atom is -0.354 e. The largest absolute Gasteiger partial charge is 0.354 e. The topological polar surface area (TPSA) is 58.1 Å². The third kappa shape index (κ3) is 4.64. The summed E-state index contributed by atoms with van der Waals surface area (Å²) < 4.78 is 13.8. The predicted molar refractivity (Wildman–Crippen MR) is 86.3 cm³/mol. The molecule has 1 fully saturated rings. The van der Waals surface area contributed by atoms with Gasteiger partial charge < -0.3 is 5.32 Å². The fraction of sp³-hybridized carbons (Fsp3) is 0.667. The average molecular weight is 326 g/mol. The number of carbonyl (C=O) groups excluding carboxylic acids is 1. The Hall–Kier alpha value is -1.21. The molecule has 1 aliphatic rings. The van der Waals surface area contributed by atoms with E-state index in [0.29, 0.717) is 26.1 Å². The lowest BCUT2D eigenvalue weighted by molar-refractivity contribution is -0.120. The summed E-state index contributed by atoms with van der Waals surface area (Å²) in [5.74, 6) is 0.0419. The van der Waals surface area contributed by atoms with Crippen molar-refractivity contribution in [2.24, 2.45) is 0 Å². The van der Waals surface area contributed by atoms with Crippen LogP contribution in [0.3, 0.4) is 0 Å².